The summed E-state index contributed by atoms with van der Waals surface area (Å²) in [5, 5.41) is 6.06. The van der Waals surface area contributed by atoms with Crippen molar-refractivity contribution >= 4 is 38.5 Å². The van der Waals surface area contributed by atoms with Gasteiger partial charge in [-0.15, -0.1) is 0 Å². The van der Waals surface area contributed by atoms with Gasteiger partial charge in [-0.05, 0) is 100.0 Å². The van der Waals surface area contributed by atoms with Crippen LogP contribution in [0.1, 0.15) is 48.4 Å². The van der Waals surface area contributed by atoms with Gasteiger partial charge in [-0.3, -0.25) is 13.9 Å². The van der Waals surface area contributed by atoms with Gasteiger partial charge in [0.2, 0.25) is 10.0 Å². The third kappa shape index (κ3) is 7.54. The van der Waals surface area contributed by atoms with Crippen molar-refractivity contribution < 1.29 is 36.3 Å². The molecule has 0 saturated carbocycles. The molecule has 0 unspecified atom stereocenters. The van der Waals surface area contributed by atoms with E-state index in [4.69, 9.17) is 13.9 Å². The number of halogens is 1. The zero-order chi connectivity index (χ0) is 35.7. The molecule has 0 aliphatic heterocycles. The predicted molar refractivity (Wildman–Crippen MR) is 189 cm³/mol. The van der Waals surface area contributed by atoms with Gasteiger partial charge in [0.1, 0.15) is 34.4 Å². The molecule has 4 aromatic carbocycles. The molecule has 12 heteroatoms. The van der Waals surface area contributed by atoms with E-state index < -0.39 is 21.5 Å². The minimum Gasteiger partial charge on any atom is -0.496 e. The molecule has 0 spiro atoms. The number of hydrogen-bond donors (Lipinski definition) is 2. The lowest BCUT2D eigenvalue weighted by Gasteiger charge is -2.24. The molecule has 0 aliphatic carbocycles. The molecule has 0 aliphatic rings. The van der Waals surface area contributed by atoms with Gasteiger partial charge in [0, 0.05) is 41.7 Å². The molecular formula is C37H38FN3O7S. The molecule has 0 saturated heterocycles. The molecule has 5 aromatic rings. The summed E-state index contributed by atoms with van der Waals surface area (Å²) in [7, 11) is -0.795. The second-order valence-electron chi connectivity index (χ2n) is 12.4. The summed E-state index contributed by atoms with van der Waals surface area (Å²) >= 11 is 0. The molecule has 0 atom stereocenters. The maximum absolute atomic E-state index is 13.5. The van der Waals surface area contributed by atoms with Crippen molar-refractivity contribution in [3.8, 4) is 39.7 Å². The van der Waals surface area contributed by atoms with Crippen LogP contribution in [0.15, 0.2) is 83.3 Å². The second-order valence-corrected chi connectivity index (χ2v) is 14.3. The Kier molecular flexibility index (Phi) is 9.73. The number of furan rings is 1. The van der Waals surface area contributed by atoms with Crippen LogP contribution in [0.2, 0.25) is 0 Å². The minimum atomic E-state index is -3.77. The molecule has 2 amide bonds. The number of sulfonamides is 1. The summed E-state index contributed by atoms with van der Waals surface area (Å²) in [6, 6.07) is 20.8. The smallest absolute Gasteiger partial charge is 0.255 e. The number of fused-ring (bicyclic) bond motifs is 1. The Bertz CT molecular complexity index is 2140. The Morgan fingerprint density at radius 3 is 2.06 bits per heavy atom. The summed E-state index contributed by atoms with van der Waals surface area (Å²) in [6.45, 7) is 7.41. The van der Waals surface area contributed by atoms with Crippen LogP contribution in [0.25, 0.3) is 33.4 Å². The molecular weight excluding hydrogens is 649 g/mol. The topological polar surface area (TPSA) is 127 Å². The van der Waals surface area contributed by atoms with Gasteiger partial charge in [0.25, 0.3) is 11.8 Å². The number of ether oxygens (including phenoxy) is 2. The molecule has 0 radical (unpaired) electrons. The fourth-order valence-electron chi connectivity index (χ4n) is 5.48. The first-order chi connectivity index (χ1) is 23.1. The van der Waals surface area contributed by atoms with E-state index in [1.54, 1.807) is 61.5 Å². The van der Waals surface area contributed by atoms with E-state index in [0.717, 1.165) is 6.26 Å². The molecule has 1 heterocycles. The normalized spacial score (nSPS) is 11.7. The molecule has 2 N–H and O–H groups in total. The third-order valence-electron chi connectivity index (χ3n) is 7.63. The van der Waals surface area contributed by atoms with Crippen molar-refractivity contribution in [2.24, 2.45) is 0 Å². The van der Waals surface area contributed by atoms with E-state index >= 15 is 0 Å². The Morgan fingerprint density at radius 2 is 1.51 bits per heavy atom. The van der Waals surface area contributed by atoms with Crippen molar-refractivity contribution in [1.29, 1.82) is 0 Å². The van der Waals surface area contributed by atoms with Crippen LogP contribution < -0.4 is 24.4 Å². The van der Waals surface area contributed by atoms with Crippen LogP contribution in [0.4, 0.5) is 10.1 Å². The van der Waals surface area contributed by atoms with Gasteiger partial charge in [0.15, 0.2) is 0 Å². The monoisotopic (exact) mass is 687 g/mol. The van der Waals surface area contributed by atoms with Gasteiger partial charge in [-0.2, -0.15) is 0 Å². The lowest BCUT2D eigenvalue weighted by Crippen LogP contribution is -2.40. The Labute approximate surface area is 284 Å². The number of methoxy groups -OCH3 is 1. The van der Waals surface area contributed by atoms with Crippen LogP contribution in [-0.4, -0.2) is 52.7 Å². The first kappa shape index (κ1) is 35.0. The number of rotatable bonds is 10. The standard InChI is InChI=1S/C37H38FN3O7S/c1-8-41(49(7,44)45)30-21-32-28(20-27(30)23-11-18-31(46-6)29(19-23)35(42)40-37(2,3)4)33(36(43)39-5)34(48-32)22-9-14-25(15-10-22)47-26-16-12-24(38)13-17-26/h9-21H,8H2,1-7H3,(H,39,43)(H,40,42). The number of nitrogens with zero attached hydrogens (tertiary/aromatic N) is 1. The third-order valence-corrected chi connectivity index (χ3v) is 8.88. The molecule has 10 nitrogen and oxygen atoms in total. The van der Waals surface area contributed by atoms with Gasteiger partial charge in [0.05, 0.1) is 30.2 Å². The Morgan fingerprint density at radius 1 is 0.898 bits per heavy atom. The Hall–Kier alpha value is -5.36. The van der Waals surface area contributed by atoms with E-state index in [9.17, 15) is 22.4 Å². The Balaban J connectivity index is 1.71. The predicted octanol–water partition coefficient (Wildman–Crippen LogP) is 7.38. The van der Waals surface area contributed by atoms with Crippen LogP contribution in [0.3, 0.4) is 0 Å². The summed E-state index contributed by atoms with van der Waals surface area (Å²) in [5.74, 6) is 0.364. The summed E-state index contributed by atoms with van der Waals surface area (Å²) in [5.41, 5.74) is 2.07. The summed E-state index contributed by atoms with van der Waals surface area (Å²) < 4.78 is 58.3. The minimum absolute atomic E-state index is 0.107. The maximum atomic E-state index is 13.5. The van der Waals surface area contributed by atoms with Gasteiger partial charge < -0.3 is 24.5 Å². The first-order valence-corrected chi connectivity index (χ1v) is 17.3. The number of anilines is 1. The number of carbonyl (C=O) groups is 2. The highest BCUT2D eigenvalue weighted by atomic mass is 32.2. The molecule has 49 heavy (non-hydrogen) atoms. The zero-order valence-electron chi connectivity index (χ0n) is 28.3. The molecule has 256 valence electrons. The van der Waals surface area contributed by atoms with E-state index in [1.165, 1.54) is 42.7 Å². The highest BCUT2D eigenvalue weighted by Gasteiger charge is 2.28. The highest BCUT2D eigenvalue weighted by molar-refractivity contribution is 7.92. The maximum Gasteiger partial charge on any atom is 0.255 e. The van der Waals surface area contributed by atoms with Crippen molar-refractivity contribution in [2.45, 2.75) is 33.2 Å². The number of nitrogens with one attached hydrogen (secondary N) is 2. The molecule has 5 rings (SSSR count). The van der Waals surface area contributed by atoms with E-state index in [1.807, 2.05) is 20.8 Å². The van der Waals surface area contributed by atoms with Crippen molar-refractivity contribution in [2.75, 3.05) is 31.3 Å². The number of amides is 2. The molecule has 0 bridgehead atoms. The summed E-state index contributed by atoms with van der Waals surface area (Å²) in [6.07, 6.45) is 1.11. The molecule has 1 aromatic heterocycles. The highest BCUT2D eigenvalue weighted by Crippen LogP contribution is 2.42. The fourth-order valence-corrected chi connectivity index (χ4v) is 6.46. The van der Waals surface area contributed by atoms with E-state index in [0.29, 0.717) is 45.0 Å². The molecule has 0 fully saturated rings. The van der Waals surface area contributed by atoms with Crippen molar-refractivity contribution in [3.05, 3.63) is 95.8 Å². The first-order valence-electron chi connectivity index (χ1n) is 15.5. The average Bonchev–Trinajstić information content (AvgIpc) is 3.42. The number of benzene rings is 4. The van der Waals surface area contributed by atoms with Gasteiger partial charge in [-0.1, -0.05) is 6.07 Å². The van der Waals surface area contributed by atoms with Crippen LogP contribution >= 0.6 is 0 Å². The van der Waals surface area contributed by atoms with Crippen LogP contribution in [0.5, 0.6) is 17.2 Å². The van der Waals surface area contributed by atoms with Crippen molar-refractivity contribution in [1.82, 2.24) is 10.6 Å². The SMILES string of the molecule is CCN(c1cc2oc(-c3ccc(Oc4ccc(F)cc4)cc3)c(C(=O)NC)c2cc1-c1ccc(OC)c(C(=O)NC(C)(C)C)c1)S(C)(=O)=O. The van der Waals surface area contributed by atoms with Gasteiger partial charge >= 0.3 is 0 Å². The number of hydrogen-bond acceptors (Lipinski definition) is 7. The largest absolute Gasteiger partial charge is 0.496 e. The zero-order valence-corrected chi connectivity index (χ0v) is 29.1. The van der Waals surface area contributed by atoms with Crippen LogP contribution in [0, 0.1) is 5.82 Å². The van der Waals surface area contributed by atoms with Crippen molar-refractivity contribution in [3.63, 3.8) is 0 Å². The van der Waals surface area contributed by atoms with E-state index in [2.05, 4.69) is 10.6 Å². The lowest BCUT2D eigenvalue weighted by atomic mass is 9.96. The van der Waals surface area contributed by atoms with E-state index in [-0.39, 0.29) is 40.7 Å². The quantitative estimate of drug-likeness (QED) is 0.157. The summed E-state index contributed by atoms with van der Waals surface area (Å²) in [4.78, 5) is 26.8. The average molecular weight is 688 g/mol. The van der Waals surface area contributed by atoms with Gasteiger partial charge in [-0.25, -0.2) is 12.8 Å². The van der Waals surface area contributed by atoms with Crippen LogP contribution in [-0.2, 0) is 10.0 Å². The number of carbonyl (C=O) groups excluding carboxylic acids is 2. The lowest BCUT2D eigenvalue weighted by molar-refractivity contribution is 0.0915. The second kappa shape index (κ2) is 13.6. The fraction of sp³-hybridized carbons (Fsp3) is 0.243.